The third kappa shape index (κ3) is 2.90. The number of fused-ring (bicyclic) bond motifs is 1. The average molecular weight is 418 g/mol. The second kappa shape index (κ2) is 5.68. The Morgan fingerprint density at radius 1 is 1.31 bits per heavy atom. The Balaban J connectivity index is 1.64. The van der Waals surface area contributed by atoms with Crippen LogP contribution < -0.4 is 0 Å². The van der Waals surface area contributed by atoms with Crippen LogP contribution in [0, 0.1) is 11.8 Å². The monoisotopic (exact) mass is 418 g/mol. The molecule has 2 bridgehead atoms. The lowest BCUT2D eigenvalue weighted by atomic mass is 9.94. The maximum absolute atomic E-state index is 12.9. The fourth-order valence-corrected chi connectivity index (χ4v) is 5.85. The molecule has 0 aromatic carbocycles. The number of ether oxygens (including phenoxy) is 2. The zero-order chi connectivity index (χ0) is 19.5. The molecule has 2 aliphatic carbocycles. The molecule has 10 nitrogen and oxygen atoms in total. The molecule has 4 unspecified atom stereocenters. The summed E-state index contributed by atoms with van der Waals surface area (Å²) in [5, 5.41) is -6.00. The Hall–Kier alpha value is -1.64. The van der Waals surface area contributed by atoms with E-state index in [1.165, 1.54) is 0 Å². The molecule has 0 spiro atoms. The minimum Gasteiger partial charge on any atom is -0.429 e. The molecule has 1 N–H and O–H groups in total. The smallest absolute Gasteiger partial charge is 0.429 e. The summed E-state index contributed by atoms with van der Waals surface area (Å²) < 4.78 is 92.4. The van der Waals surface area contributed by atoms with Crippen LogP contribution in [-0.2, 0) is 43.5 Å². The molecule has 4 atom stereocenters. The van der Waals surface area contributed by atoms with Crippen LogP contribution in [0.25, 0.3) is 0 Å². The lowest BCUT2D eigenvalue weighted by molar-refractivity contribution is -0.198. The van der Waals surface area contributed by atoms with Crippen molar-refractivity contribution in [1.29, 1.82) is 0 Å². The Bertz CT molecular complexity index is 893. The van der Waals surface area contributed by atoms with E-state index in [0.717, 1.165) is 0 Å². The number of esters is 2. The van der Waals surface area contributed by atoms with E-state index < -0.39 is 54.4 Å². The van der Waals surface area contributed by atoms with Gasteiger partial charge in [-0.25, -0.2) is 13.8 Å². The molecule has 3 rings (SSSR count). The Morgan fingerprint density at radius 3 is 2.54 bits per heavy atom. The molecule has 26 heavy (non-hydrogen) atoms. The van der Waals surface area contributed by atoms with Crippen LogP contribution in [0.4, 0.5) is 8.78 Å². The number of carbonyl (C=O) groups is 2. The number of halogens is 2. The van der Waals surface area contributed by atoms with E-state index in [-0.39, 0.29) is 18.6 Å². The molecule has 0 aromatic rings. The van der Waals surface area contributed by atoms with Crippen molar-refractivity contribution in [3.05, 3.63) is 12.3 Å². The van der Waals surface area contributed by atoms with Crippen molar-refractivity contribution < 1.29 is 53.4 Å². The Morgan fingerprint density at radius 2 is 1.96 bits per heavy atom. The van der Waals surface area contributed by atoms with E-state index in [0.29, 0.717) is 18.9 Å². The van der Waals surface area contributed by atoms with Crippen LogP contribution in [0.1, 0.15) is 19.3 Å². The number of hydrogen-bond donors (Lipinski definition) is 1. The second-order valence-electron chi connectivity index (χ2n) is 6.20. The first-order valence-corrected chi connectivity index (χ1v) is 10.1. The Kier molecular flexibility index (Phi) is 4.18. The highest BCUT2D eigenvalue weighted by atomic mass is 32.2. The van der Waals surface area contributed by atoms with Crippen LogP contribution in [0.2, 0.25) is 0 Å². The van der Waals surface area contributed by atoms with Gasteiger partial charge in [0.05, 0.1) is 11.3 Å². The highest BCUT2D eigenvalue weighted by Crippen LogP contribution is 2.60. The maximum Gasteiger partial charge on any atom is 0.466 e. The van der Waals surface area contributed by atoms with Gasteiger partial charge < -0.3 is 9.47 Å². The highest BCUT2D eigenvalue weighted by Gasteiger charge is 2.70. The zero-order valence-electron chi connectivity index (χ0n) is 12.7. The second-order valence-corrected chi connectivity index (χ2v) is 9.42. The summed E-state index contributed by atoms with van der Waals surface area (Å²) in [4.78, 5) is 22.7. The Labute approximate surface area is 146 Å². The van der Waals surface area contributed by atoms with Crippen LogP contribution in [0.15, 0.2) is 12.3 Å². The lowest BCUT2D eigenvalue weighted by Gasteiger charge is -2.28. The van der Waals surface area contributed by atoms with Crippen LogP contribution in [-0.4, -0.2) is 49.6 Å². The van der Waals surface area contributed by atoms with Crippen molar-refractivity contribution in [3.8, 4) is 0 Å². The number of carbonyl (C=O) groups excluding carboxylic acids is 2. The molecule has 3 aliphatic rings. The van der Waals surface area contributed by atoms with E-state index >= 15 is 0 Å². The number of rotatable bonds is 5. The van der Waals surface area contributed by atoms with E-state index in [1.54, 1.807) is 0 Å². The van der Waals surface area contributed by atoms with Crippen LogP contribution in [0.3, 0.4) is 0 Å². The molecule has 146 valence electrons. The van der Waals surface area contributed by atoms with Gasteiger partial charge in [-0.2, -0.15) is 25.6 Å². The molecule has 2 saturated carbocycles. The summed E-state index contributed by atoms with van der Waals surface area (Å²) in [7, 11) is -9.93. The third-order valence-corrected chi connectivity index (χ3v) is 7.17. The van der Waals surface area contributed by atoms with Gasteiger partial charge in [0, 0.05) is 12.3 Å². The fraction of sp³-hybridized carbons (Fsp3) is 0.667. The first kappa shape index (κ1) is 19.1. The molecule has 1 saturated heterocycles. The van der Waals surface area contributed by atoms with Gasteiger partial charge in [0.25, 0.3) is 10.1 Å². The molecular weight excluding hydrogens is 406 g/mol. The molecule has 14 heteroatoms. The minimum atomic E-state index is -6.04. The van der Waals surface area contributed by atoms with E-state index in [9.17, 15) is 35.2 Å². The van der Waals surface area contributed by atoms with Gasteiger partial charge >= 0.3 is 27.3 Å². The zero-order valence-corrected chi connectivity index (χ0v) is 14.3. The van der Waals surface area contributed by atoms with Gasteiger partial charge in [-0.15, -0.1) is 0 Å². The fourth-order valence-electron chi connectivity index (χ4n) is 3.62. The van der Waals surface area contributed by atoms with Gasteiger partial charge in [-0.3, -0.25) is 4.55 Å². The van der Waals surface area contributed by atoms with Gasteiger partial charge in [0.15, 0.2) is 0 Å². The molecule has 0 aromatic heterocycles. The summed E-state index contributed by atoms with van der Waals surface area (Å²) in [5.41, 5.74) is 0. The molecular formula is C12H12F2O10S2. The van der Waals surface area contributed by atoms with Gasteiger partial charge in [0.2, 0.25) is 5.79 Å². The molecule has 3 fully saturated rings. The van der Waals surface area contributed by atoms with Crippen molar-refractivity contribution in [2.24, 2.45) is 11.8 Å². The van der Waals surface area contributed by atoms with Gasteiger partial charge in [-0.1, -0.05) is 0 Å². The van der Waals surface area contributed by atoms with E-state index in [1.807, 2.05) is 0 Å². The summed E-state index contributed by atoms with van der Waals surface area (Å²) in [6.07, 6.45) is 1.57. The maximum atomic E-state index is 12.9. The summed E-state index contributed by atoms with van der Waals surface area (Å²) >= 11 is 0. The molecule has 0 amide bonds. The third-order valence-electron chi connectivity index (χ3n) is 4.58. The van der Waals surface area contributed by atoms with Crippen molar-refractivity contribution in [2.75, 3.05) is 0 Å². The predicted octanol–water partition coefficient (Wildman–Crippen LogP) is -0.0781. The van der Waals surface area contributed by atoms with Crippen LogP contribution >= 0.6 is 0 Å². The average Bonchev–Trinajstić information content (AvgIpc) is 3.05. The summed E-state index contributed by atoms with van der Waals surface area (Å²) in [5.74, 6) is -6.08. The lowest BCUT2D eigenvalue weighted by Crippen LogP contribution is -2.40. The predicted molar refractivity (Wildman–Crippen MR) is 75.2 cm³/mol. The summed E-state index contributed by atoms with van der Waals surface area (Å²) in [6.45, 7) is 0. The molecule has 0 radical (unpaired) electrons. The minimum absolute atomic E-state index is 0.00494. The first-order chi connectivity index (χ1) is 11.8. The summed E-state index contributed by atoms with van der Waals surface area (Å²) in [6, 6.07) is 0. The molecule has 1 aliphatic heterocycles. The van der Waals surface area contributed by atoms with Gasteiger partial charge in [-0.05, 0) is 18.8 Å². The normalized spacial score (nSPS) is 35.0. The van der Waals surface area contributed by atoms with Crippen molar-refractivity contribution >= 4 is 32.2 Å². The van der Waals surface area contributed by atoms with Crippen molar-refractivity contribution in [1.82, 2.24) is 0 Å². The van der Waals surface area contributed by atoms with Crippen molar-refractivity contribution in [2.45, 2.75) is 35.6 Å². The first-order valence-electron chi connectivity index (χ1n) is 7.18. The van der Waals surface area contributed by atoms with Gasteiger partial charge in [0.1, 0.15) is 6.26 Å². The van der Waals surface area contributed by atoms with Crippen LogP contribution in [0.5, 0.6) is 0 Å². The highest BCUT2D eigenvalue weighted by molar-refractivity contribution is 7.88. The quantitative estimate of drug-likeness (QED) is 0.211. The van der Waals surface area contributed by atoms with E-state index in [2.05, 4.69) is 4.74 Å². The topological polar surface area (TPSA) is 150 Å². The standard InChI is InChI=1S/C12H12F2O10S2/c13-12(14,26(19,20)21)10(16)22-2-1-9(15)23-11-5-6-3-7(11)8(4-6)25(17,18)24-11/h1-2,6-8H,3-5H2,(H,19,20,21)/b2-1-. The number of hydrogen-bond acceptors (Lipinski definition) is 9. The number of alkyl halides is 2. The largest absolute Gasteiger partial charge is 0.466 e. The SMILES string of the molecule is O=C(/C=C\OC(=O)C(F)(F)S(=O)(=O)O)OC12CC3CC1C(C3)S(=O)(=O)O2. The van der Waals surface area contributed by atoms with Crippen molar-refractivity contribution in [3.63, 3.8) is 0 Å². The molecule has 1 heterocycles. The van der Waals surface area contributed by atoms with E-state index in [4.69, 9.17) is 13.5 Å².